The van der Waals surface area contributed by atoms with Gasteiger partial charge in [0.15, 0.2) is 0 Å². The second-order valence-electron chi connectivity index (χ2n) is 5.68. The second-order valence-corrected chi connectivity index (χ2v) is 6.92. The van der Waals surface area contributed by atoms with Crippen LogP contribution in [0, 0.1) is 3.57 Å². The molecule has 3 heteroatoms. The molecule has 1 aliphatic rings. The molecule has 100 valence electrons. The molecule has 1 aliphatic heterocycles. The summed E-state index contributed by atoms with van der Waals surface area (Å²) in [6, 6.07) is 9.51. The zero-order valence-corrected chi connectivity index (χ0v) is 13.7. The molecule has 0 amide bonds. The Kier molecular flexibility index (Phi) is 4.67. The van der Waals surface area contributed by atoms with E-state index in [-0.39, 0.29) is 5.54 Å². The highest BCUT2D eigenvalue weighted by molar-refractivity contribution is 14.1. The molecule has 0 aromatic heterocycles. The van der Waals surface area contributed by atoms with Gasteiger partial charge in [-0.05, 0) is 60.6 Å². The predicted octanol–water partition coefficient (Wildman–Crippen LogP) is 3.25. The molecule has 2 unspecified atom stereocenters. The minimum atomic E-state index is 0.274. The van der Waals surface area contributed by atoms with Crippen molar-refractivity contribution in [2.24, 2.45) is 0 Å². The number of nitrogens with one attached hydrogen (secondary N) is 1. The first-order valence-corrected chi connectivity index (χ1v) is 7.84. The average Bonchev–Trinajstić information content (AvgIpc) is 2.37. The molecule has 1 N–H and O–H groups in total. The van der Waals surface area contributed by atoms with Gasteiger partial charge in [-0.25, -0.2) is 0 Å². The van der Waals surface area contributed by atoms with Crippen molar-refractivity contribution in [1.29, 1.82) is 0 Å². The number of hydrogen-bond donors (Lipinski definition) is 1. The van der Waals surface area contributed by atoms with Crippen LogP contribution in [0.15, 0.2) is 24.3 Å². The van der Waals surface area contributed by atoms with Crippen molar-refractivity contribution in [2.45, 2.75) is 45.3 Å². The maximum atomic E-state index is 3.68. The molecular formula is C15H23IN2. The minimum Gasteiger partial charge on any atom is -0.309 e. The number of hydrogen-bond acceptors (Lipinski definition) is 2. The van der Waals surface area contributed by atoms with Crippen LogP contribution in [0.2, 0.25) is 0 Å². The Hall–Kier alpha value is -0.130. The van der Waals surface area contributed by atoms with E-state index in [0.717, 1.165) is 19.6 Å². The highest BCUT2D eigenvalue weighted by atomic mass is 127. The zero-order chi connectivity index (χ0) is 13.2. The van der Waals surface area contributed by atoms with Gasteiger partial charge in [-0.15, -0.1) is 0 Å². The van der Waals surface area contributed by atoms with Crippen LogP contribution in [0.5, 0.6) is 0 Å². The van der Waals surface area contributed by atoms with Gasteiger partial charge in [-0.2, -0.15) is 0 Å². The van der Waals surface area contributed by atoms with Crippen molar-refractivity contribution in [3.05, 3.63) is 33.4 Å². The first-order chi connectivity index (χ1) is 8.52. The predicted molar refractivity (Wildman–Crippen MR) is 85.7 cm³/mol. The van der Waals surface area contributed by atoms with Crippen LogP contribution in [0.25, 0.3) is 0 Å². The first kappa shape index (κ1) is 14.3. The summed E-state index contributed by atoms with van der Waals surface area (Å²) >= 11 is 2.36. The summed E-state index contributed by atoms with van der Waals surface area (Å²) in [5.74, 6) is 0. The van der Waals surface area contributed by atoms with Crippen molar-refractivity contribution in [3.8, 4) is 0 Å². The Bertz CT molecular complexity index is 390. The van der Waals surface area contributed by atoms with Gasteiger partial charge in [0.25, 0.3) is 0 Å². The van der Waals surface area contributed by atoms with E-state index in [9.17, 15) is 0 Å². The highest BCUT2D eigenvalue weighted by Crippen LogP contribution is 2.21. The molecule has 0 spiro atoms. The molecule has 1 aromatic rings. The van der Waals surface area contributed by atoms with Gasteiger partial charge >= 0.3 is 0 Å². The Morgan fingerprint density at radius 3 is 2.67 bits per heavy atom. The molecule has 0 bridgehead atoms. The standard InChI is InChI=1S/C15H23IN2/c1-4-15(3)11-18(12(2)9-17-15)10-13-5-7-14(16)8-6-13/h5-8,12,17H,4,9-11H2,1-3H3. The normalized spacial score (nSPS) is 29.4. The molecule has 0 saturated carbocycles. The zero-order valence-electron chi connectivity index (χ0n) is 11.5. The van der Waals surface area contributed by atoms with E-state index < -0.39 is 0 Å². The number of halogens is 1. The van der Waals surface area contributed by atoms with Crippen LogP contribution in [0.1, 0.15) is 32.8 Å². The van der Waals surface area contributed by atoms with E-state index in [1.807, 2.05) is 0 Å². The largest absolute Gasteiger partial charge is 0.309 e. The highest BCUT2D eigenvalue weighted by Gasteiger charge is 2.32. The van der Waals surface area contributed by atoms with Crippen molar-refractivity contribution >= 4 is 22.6 Å². The number of nitrogens with zero attached hydrogens (tertiary/aromatic N) is 1. The summed E-state index contributed by atoms with van der Waals surface area (Å²) in [7, 11) is 0. The monoisotopic (exact) mass is 358 g/mol. The molecule has 1 aromatic carbocycles. The summed E-state index contributed by atoms with van der Waals surface area (Å²) in [6.45, 7) is 10.2. The molecular weight excluding hydrogens is 335 g/mol. The van der Waals surface area contributed by atoms with E-state index in [1.54, 1.807) is 0 Å². The molecule has 0 aliphatic carbocycles. The van der Waals surface area contributed by atoms with Crippen LogP contribution in [-0.2, 0) is 6.54 Å². The Morgan fingerprint density at radius 1 is 1.39 bits per heavy atom. The topological polar surface area (TPSA) is 15.3 Å². The Morgan fingerprint density at radius 2 is 2.06 bits per heavy atom. The molecule has 1 heterocycles. The van der Waals surface area contributed by atoms with E-state index in [0.29, 0.717) is 6.04 Å². The molecule has 2 rings (SSSR count). The molecule has 2 atom stereocenters. The molecule has 18 heavy (non-hydrogen) atoms. The molecule has 2 nitrogen and oxygen atoms in total. The van der Waals surface area contributed by atoms with Gasteiger partial charge in [0.05, 0.1) is 0 Å². The van der Waals surface area contributed by atoms with Crippen molar-refractivity contribution < 1.29 is 0 Å². The van der Waals surface area contributed by atoms with Crippen molar-refractivity contribution in [1.82, 2.24) is 10.2 Å². The minimum absolute atomic E-state index is 0.274. The molecule has 1 saturated heterocycles. The van der Waals surface area contributed by atoms with E-state index in [2.05, 4.69) is 77.8 Å². The van der Waals surface area contributed by atoms with Crippen molar-refractivity contribution in [2.75, 3.05) is 13.1 Å². The van der Waals surface area contributed by atoms with Crippen LogP contribution in [0.3, 0.4) is 0 Å². The van der Waals surface area contributed by atoms with E-state index >= 15 is 0 Å². The second kappa shape index (κ2) is 5.88. The van der Waals surface area contributed by atoms with E-state index in [4.69, 9.17) is 0 Å². The number of rotatable bonds is 3. The smallest absolute Gasteiger partial charge is 0.0278 e. The third-order valence-electron chi connectivity index (χ3n) is 4.08. The average molecular weight is 358 g/mol. The van der Waals surface area contributed by atoms with Crippen LogP contribution < -0.4 is 5.32 Å². The maximum Gasteiger partial charge on any atom is 0.0278 e. The van der Waals surface area contributed by atoms with Gasteiger partial charge in [-0.3, -0.25) is 4.90 Å². The molecule has 0 radical (unpaired) electrons. The Balaban J connectivity index is 2.04. The third kappa shape index (κ3) is 3.45. The summed E-state index contributed by atoms with van der Waals surface area (Å²) in [6.07, 6.45) is 1.18. The fourth-order valence-corrected chi connectivity index (χ4v) is 2.82. The summed E-state index contributed by atoms with van der Waals surface area (Å²) in [5, 5.41) is 3.68. The SMILES string of the molecule is CCC1(C)CN(Cc2ccc(I)cc2)C(C)CN1. The van der Waals surface area contributed by atoms with Crippen LogP contribution >= 0.6 is 22.6 Å². The number of benzene rings is 1. The summed E-state index contributed by atoms with van der Waals surface area (Å²) in [4.78, 5) is 2.60. The lowest BCUT2D eigenvalue weighted by molar-refractivity contribution is 0.0866. The number of piperazine rings is 1. The van der Waals surface area contributed by atoms with Gasteiger partial charge in [0, 0.05) is 34.8 Å². The van der Waals surface area contributed by atoms with Crippen molar-refractivity contribution in [3.63, 3.8) is 0 Å². The lowest BCUT2D eigenvalue weighted by Crippen LogP contribution is -2.61. The lowest BCUT2D eigenvalue weighted by atomic mass is 9.93. The van der Waals surface area contributed by atoms with Crippen LogP contribution in [0.4, 0.5) is 0 Å². The molecule has 1 fully saturated rings. The maximum absolute atomic E-state index is 3.68. The van der Waals surface area contributed by atoms with Crippen LogP contribution in [-0.4, -0.2) is 29.6 Å². The summed E-state index contributed by atoms with van der Waals surface area (Å²) < 4.78 is 1.31. The van der Waals surface area contributed by atoms with Gasteiger partial charge < -0.3 is 5.32 Å². The lowest BCUT2D eigenvalue weighted by Gasteiger charge is -2.45. The summed E-state index contributed by atoms with van der Waals surface area (Å²) in [5.41, 5.74) is 1.69. The van der Waals surface area contributed by atoms with Gasteiger partial charge in [-0.1, -0.05) is 19.1 Å². The Labute approximate surface area is 124 Å². The fourth-order valence-electron chi connectivity index (χ4n) is 2.46. The van der Waals surface area contributed by atoms with E-state index in [1.165, 1.54) is 15.6 Å². The first-order valence-electron chi connectivity index (χ1n) is 6.76. The van der Waals surface area contributed by atoms with Gasteiger partial charge in [0.1, 0.15) is 0 Å². The third-order valence-corrected chi connectivity index (χ3v) is 4.80. The van der Waals surface area contributed by atoms with Gasteiger partial charge in [0.2, 0.25) is 0 Å². The fraction of sp³-hybridized carbons (Fsp3) is 0.600. The quantitative estimate of drug-likeness (QED) is 0.835.